The molecule has 4 saturated heterocycles. The number of hydrogen-bond donors (Lipinski definition) is 12. The number of rotatable bonds is 19. The van der Waals surface area contributed by atoms with E-state index in [0.717, 1.165) is 30.7 Å². The fourth-order valence-corrected chi connectivity index (χ4v) is 13.5. The Hall–Kier alpha value is -5.15. The number of anilines is 3. The van der Waals surface area contributed by atoms with Gasteiger partial charge in [-0.05, 0) is 0 Å². The highest BCUT2D eigenvalue weighted by atomic mass is 31.3. The number of hydrogen-bond acceptors (Lipinski definition) is 29. The lowest BCUT2D eigenvalue weighted by atomic mass is 10.0. The van der Waals surface area contributed by atoms with Crippen molar-refractivity contribution in [3.8, 4) is 0 Å². The zero-order valence-corrected chi connectivity index (χ0v) is 42.1. The second-order valence-electron chi connectivity index (χ2n) is 17.2. The zero-order chi connectivity index (χ0) is 54.6. The van der Waals surface area contributed by atoms with Gasteiger partial charge in [-0.15, -0.1) is 0 Å². The predicted octanol–water partition coefficient (Wildman–Crippen LogP) is -4.30. The van der Waals surface area contributed by atoms with Gasteiger partial charge in [-0.3, -0.25) is 51.4 Å². The molecule has 6 aromatic rings. The summed E-state index contributed by atoms with van der Waals surface area (Å²) in [7, 11) is -20.8. The smallest absolute Gasteiger partial charge is 0.387 e. The molecule has 7 unspecified atom stereocenters. The normalized spacial score (nSPS) is 31.8. The molecule has 10 rings (SSSR count). The SMILES string of the molecule is CO[C@H]1C(OP(=O)(O)OC[C@H]2O[C@@H](n3cnc4c(=O)[nH]c(N)nc43)[C@@H](O)C2O)[C@@H](COP(=O)(O)OP(=O)(O)OP(=O)(O)OC[C@@]23COC([C@H]([n+]4cn(C)c5c(=O)[nH]c(N)nc54)O2)[C@H]3O)O[C@H]1n1cnc2c(N)ncnc21. The third kappa shape index (κ3) is 10.0. The van der Waals surface area contributed by atoms with Gasteiger partial charge in [0.1, 0.15) is 66.3 Å². The first-order chi connectivity index (χ1) is 35.7. The number of phosphoric ester groups is 3. The van der Waals surface area contributed by atoms with Crippen molar-refractivity contribution in [3.05, 3.63) is 46.0 Å². The molecule has 4 fully saturated rings. The van der Waals surface area contributed by atoms with Crippen LogP contribution in [0.5, 0.6) is 0 Å². The number of aromatic amines is 2. The van der Waals surface area contributed by atoms with E-state index in [1.165, 1.54) is 27.1 Å². The molecule has 0 aliphatic carbocycles. The highest BCUT2D eigenvalue weighted by molar-refractivity contribution is 7.66. The Balaban J connectivity index is 0.810. The number of fused-ring (bicyclic) bond motifs is 5. The van der Waals surface area contributed by atoms with Crippen LogP contribution in [0.4, 0.5) is 17.7 Å². The Kier molecular flexibility index (Phi) is 14.0. The monoisotopic (exact) mass is 1160 g/mol. The summed E-state index contributed by atoms with van der Waals surface area (Å²) in [5, 5.41) is 32.9. The second-order valence-corrected chi connectivity index (χ2v) is 23.2. The molecule has 0 spiro atoms. The Bertz CT molecular complexity index is 3560. The molecule has 10 heterocycles. The third-order valence-electron chi connectivity index (χ3n) is 12.3. The molecule has 16 atom stereocenters. The van der Waals surface area contributed by atoms with Crippen LogP contribution in [-0.2, 0) is 75.7 Å². The summed E-state index contributed by atoms with van der Waals surface area (Å²) in [4.78, 5) is 96.3. The second kappa shape index (κ2) is 19.6. The van der Waals surface area contributed by atoms with E-state index in [1.807, 2.05) is 0 Å². The minimum Gasteiger partial charge on any atom is -0.387 e. The standard InChI is InChI=1S/C33H43N15O24P4/c1-45-10-48(25-15(45)27(53)44-32(36)42-25)30-20-21(51)33(69-30,5-63-20)6-66-75(58,59)72-76(60,61)71-74(56,57)65-4-12-18(19(62-2)29(68-12)46-8-39-13-22(34)37-7-38-23(13)46)70-73(54,55)64-3-11-16(49)17(50)28(67-11)47-9-40-14-24(47)41-31(35)43-26(14)52/h7-12,16-21,28-30,49-51H,3-6H2,1-2H3,(H11-,34,35,36,37,38,41,42,43,44,52,53,54,55,56,57,58,59,60,61)/p+1/t11-,12-,16?,17+,18?,19+,20?,21-,28-,29-,30-,33-/m1/s1. The van der Waals surface area contributed by atoms with Gasteiger partial charge in [0.15, 0.2) is 41.4 Å². The number of ether oxygens (including phenoxy) is 5. The summed E-state index contributed by atoms with van der Waals surface area (Å²) < 4.78 is 116. The van der Waals surface area contributed by atoms with Gasteiger partial charge in [0.2, 0.25) is 17.7 Å². The van der Waals surface area contributed by atoms with E-state index in [0.29, 0.717) is 0 Å². The van der Waals surface area contributed by atoms with E-state index in [9.17, 15) is 62.7 Å². The number of H-pyrrole nitrogens is 2. The van der Waals surface area contributed by atoms with Crippen LogP contribution >= 0.6 is 31.3 Å². The van der Waals surface area contributed by atoms with E-state index >= 15 is 0 Å². The Morgan fingerprint density at radius 1 is 0.776 bits per heavy atom. The molecular formula is C33H44N15O24P4+. The van der Waals surface area contributed by atoms with Crippen molar-refractivity contribution in [2.24, 2.45) is 7.05 Å². The van der Waals surface area contributed by atoms with Crippen LogP contribution in [0.15, 0.2) is 34.9 Å². The molecule has 39 nitrogen and oxygen atoms in total. The van der Waals surface area contributed by atoms with Crippen LogP contribution in [0.2, 0.25) is 0 Å². The molecule has 0 saturated carbocycles. The summed E-state index contributed by atoms with van der Waals surface area (Å²) in [6.45, 7) is -3.77. The first-order valence-electron chi connectivity index (χ1n) is 21.6. The van der Waals surface area contributed by atoms with Gasteiger partial charge in [-0.2, -0.15) is 13.6 Å². The van der Waals surface area contributed by atoms with Crippen molar-refractivity contribution in [2.75, 3.05) is 50.7 Å². The summed E-state index contributed by atoms with van der Waals surface area (Å²) in [5.41, 5.74) is 13.8. The van der Waals surface area contributed by atoms with Crippen molar-refractivity contribution in [1.82, 2.24) is 53.6 Å². The number of aliphatic hydroxyl groups excluding tert-OH is 3. The molecule has 4 aliphatic heterocycles. The summed E-state index contributed by atoms with van der Waals surface area (Å²) in [6.07, 6.45) is -12.8. The summed E-state index contributed by atoms with van der Waals surface area (Å²) in [5.74, 6) is -0.650. The quantitative estimate of drug-likeness (QED) is 0.0270. The molecule has 414 valence electrons. The van der Waals surface area contributed by atoms with Gasteiger partial charge in [-0.25, -0.2) is 42.8 Å². The highest BCUT2D eigenvalue weighted by Gasteiger charge is 2.64. The lowest BCUT2D eigenvalue weighted by Gasteiger charge is -2.29. The maximum absolute atomic E-state index is 13.7. The maximum Gasteiger partial charge on any atom is 0.490 e. The van der Waals surface area contributed by atoms with Crippen LogP contribution in [-0.4, -0.2) is 176 Å². The number of aliphatic hydroxyl groups is 3. The Morgan fingerprint density at radius 3 is 2.13 bits per heavy atom. The number of nitrogens with two attached hydrogens (primary N) is 3. The average molecular weight is 1160 g/mol. The molecular weight excluding hydrogens is 1110 g/mol. The molecule has 0 amide bonds. The molecule has 0 aromatic carbocycles. The lowest BCUT2D eigenvalue weighted by Crippen LogP contribution is -2.50. The van der Waals surface area contributed by atoms with Crippen molar-refractivity contribution in [2.45, 2.75) is 73.1 Å². The number of nitrogen functional groups attached to an aromatic ring is 3. The average Bonchev–Trinajstić information content (AvgIpc) is 4.23. The number of nitrogens with one attached hydrogen (secondary N) is 2. The minimum absolute atomic E-state index is 0.00568. The number of methoxy groups -OCH3 is 1. The Labute approximate surface area is 420 Å². The molecule has 4 aliphatic rings. The van der Waals surface area contributed by atoms with Crippen LogP contribution in [0.1, 0.15) is 18.7 Å². The van der Waals surface area contributed by atoms with Gasteiger partial charge in [0, 0.05) is 7.11 Å². The van der Waals surface area contributed by atoms with Crippen molar-refractivity contribution in [3.63, 3.8) is 0 Å². The number of aryl methyl sites for hydroxylation is 1. The van der Waals surface area contributed by atoms with E-state index in [-0.39, 0.29) is 51.2 Å². The molecule has 76 heavy (non-hydrogen) atoms. The Morgan fingerprint density at radius 2 is 1.41 bits per heavy atom. The first kappa shape index (κ1) is 54.2. The molecule has 43 heteroatoms. The molecule has 2 bridgehead atoms. The van der Waals surface area contributed by atoms with Crippen LogP contribution in [0, 0.1) is 0 Å². The fourth-order valence-electron chi connectivity index (χ4n) is 8.95. The van der Waals surface area contributed by atoms with Gasteiger partial charge >= 0.3 is 36.9 Å². The zero-order valence-electron chi connectivity index (χ0n) is 38.6. The highest BCUT2D eigenvalue weighted by Crippen LogP contribution is 2.68. The van der Waals surface area contributed by atoms with Crippen molar-refractivity contribution in [1.29, 1.82) is 0 Å². The minimum atomic E-state index is -6.19. The predicted molar refractivity (Wildman–Crippen MR) is 242 cm³/mol. The van der Waals surface area contributed by atoms with E-state index < -0.39 is 142 Å². The maximum atomic E-state index is 13.7. The third-order valence-corrected chi connectivity index (χ3v) is 17.5. The van der Waals surface area contributed by atoms with Crippen LogP contribution in [0.25, 0.3) is 33.5 Å². The van der Waals surface area contributed by atoms with Crippen molar-refractivity contribution >= 4 is 82.5 Å². The van der Waals surface area contributed by atoms with Crippen LogP contribution < -0.4 is 32.9 Å². The largest absolute Gasteiger partial charge is 0.490 e. The van der Waals surface area contributed by atoms with Gasteiger partial charge in [0.05, 0.1) is 46.1 Å². The number of phosphoric acid groups is 4. The van der Waals surface area contributed by atoms with Gasteiger partial charge in [0.25, 0.3) is 17.1 Å². The lowest BCUT2D eigenvalue weighted by molar-refractivity contribution is -0.752. The van der Waals surface area contributed by atoms with Crippen LogP contribution in [0.3, 0.4) is 0 Å². The topological polar surface area (TPSA) is 551 Å². The number of imidazole rings is 3. The molecule has 6 aromatic heterocycles. The van der Waals surface area contributed by atoms with Gasteiger partial charge in [-0.1, -0.05) is 4.98 Å². The van der Waals surface area contributed by atoms with E-state index in [1.54, 1.807) is 0 Å². The number of nitrogens with zero attached hydrogens (tertiary/aromatic N) is 10. The summed E-state index contributed by atoms with van der Waals surface area (Å²) in [6, 6.07) is 0. The van der Waals surface area contributed by atoms with Crippen molar-refractivity contribution < 1.29 is 108 Å². The van der Waals surface area contributed by atoms with Gasteiger partial charge < -0.3 is 75.8 Å². The van der Waals surface area contributed by atoms with E-state index in [4.69, 9.17) is 59.0 Å². The fraction of sp³-hybridized carbons (Fsp3) is 0.545. The summed E-state index contributed by atoms with van der Waals surface area (Å²) >= 11 is 0. The first-order valence-corrected chi connectivity index (χ1v) is 27.6. The molecule has 0 radical (unpaired) electrons. The number of aromatic nitrogens is 12. The van der Waals surface area contributed by atoms with E-state index in [2.05, 4.69) is 48.5 Å². The molecule has 15 N–H and O–H groups in total.